The maximum Gasteiger partial charge on any atom is 0.223 e. The van der Waals surface area contributed by atoms with Crippen molar-refractivity contribution in [3.63, 3.8) is 0 Å². The van der Waals surface area contributed by atoms with Crippen LogP contribution in [0.2, 0.25) is 0 Å². The minimum absolute atomic E-state index is 0.0114. The Balaban J connectivity index is 1.86. The molecule has 1 aliphatic heterocycles. The number of amides is 1. The number of phenolic OH excluding ortho intramolecular Hbond substituents is 1. The monoisotopic (exact) mass is 249 g/mol. The molecule has 0 spiro atoms. The first-order chi connectivity index (χ1) is 8.70. The summed E-state index contributed by atoms with van der Waals surface area (Å²) in [6.45, 7) is 0.824. The van der Waals surface area contributed by atoms with E-state index in [1.54, 1.807) is 17.0 Å². The van der Waals surface area contributed by atoms with Gasteiger partial charge in [-0.3, -0.25) is 4.79 Å². The fraction of sp³-hybridized carbons (Fsp3) is 0.500. The molecule has 1 aliphatic rings. The Morgan fingerprint density at radius 1 is 1.33 bits per heavy atom. The smallest absolute Gasteiger partial charge is 0.223 e. The van der Waals surface area contributed by atoms with Gasteiger partial charge in [-0.15, -0.1) is 0 Å². The molecule has 0 aliphatic carbocycles. The number of aromatic hydroxyl groups is 1. The lowest BCUT2D eigenvalue weighted by Crippen LogP contribution is -2.37. The molecule has 1 saturated heterocycles. The first-order valence-corrected chi connectivity index (χ1v) is 6.39. The molecule has 1 heterocycles. The van der Waals surface area contributed by atoms with Crippen molar-refractivity contribution < 1.29 is 15.0 Å². The Labute approximate surface area is 107 Å². The number of hydrogen-bond acceptors (Lipinski definition) is 3. The molecule has 0 aromatic heterocycles. The van der Waals surface area contributed by atoms with Crippen molar-refractivity contribution in [3.05, 3.63) is 29.8 Å². The van der Waals surface area contributed by atoms with Gasteiger partial charge < -0.3 is 15.1 Å². The lowest BCUT2D eigenvalue weighted by atomic mass is 10.1. The Bertz CT molecular complexity index is 402. The number of carbonyl (C=O) groups excluding carboxylic acids is 1. The van der Waals surface area contributed by atoms with Crippen molar-refractivity contribution in [3.8, 4) is 5.75 Å². The van der Waals surface area contributed by atoms with E-state index in [1.165, 1.54) is 0 Å². The van der Waals surface area contributed by atoms with E-state index < -0.39 is 0 Å². The average Bonchev–Trinajstić information content (AvgIpc) is 2.86. The summed E-state index contributed by atoms with van der Waals surface area (Å²) in [4.78, 5) is 13.8. The van der Waals surface area contributed by atoms with Gasteiger partial charge in [-0.25, -0.2) is 0 Å². The second-order valence-electron chi connectivity index (χ2n) is 4.73. The zero-order valence-corrected chi connectivity index (χ0v) is 10.4. The summed E-state index contributed by atoms with van der Waals surface area (Å²) in [6.07, 6.45) is 3.02. The van der Waals surface area contributed by atoms with E-state index in [4.69, 9.17) is 0 Å². The third-order valence-corrected chi connectivity index (χ3v) is 3.47. The summed E-state index contributed by atoms with van der Waals surface area (Å²) in [7, 11) is 0. The van der Waals surface area contributed by atoms with Crippen molar-refractivity contribution in [2.45, 2.75) is 31.7 Å². The molecule has 0 bridgehead atoms. The molecule has 0 saturated carbocycles. The van der Waals surface area contributed by atoms with Crippen LogP contribution in [0.15, 0.2) is 24.3 Å². The molecule has 0 unspecified atom stereocenters. The molecule has 1 atom stereocenters. The molecule has 2 rings (SSSR count). The van der Waals surface area contributed by atoms with Gasteiger partial charge in [0.2, 0.25) is 5.91 Å². The summed E-state index contributed by atoms with van der Waals surface area (Å²) in [5, 5.41) is 18.3. The van der Waals surface area contributed by atoms with Crippen LogP contribution in [0.5, 0.6) is 5.75 Å². The second kappa shape index (κ2) is 5.87. The quantitative estimate of drug-likeness (QED) is 0.845. The highest BCUT2D eigenvalue weighted by Gasteiger charge is 2.27. The molecule has 1 aromatic rings. The van der Waals surface area contributed by atoms with Crippen LogP contribution in [0, 0.1) is 0 Å². The van der Waals surface area contributed by atoms with E-state index in [1.807, 2.05) is 12.1 Å². The maximum atomic E-state index is 12.0. The van der Waals surface area contributed by atoms with Crippen LogP contribution in [0.4, 0.5) is 0 Å². The fourth-order valence-electron chi connectivity index (χ4n) is 2.41. The Morgan fingerprint density at radius 2 is 2.06 bits per heavy atom. The zero-order valence-electron chi connectivity index (χ0n) is 10.4. The normalized spacial score (nSPS) is 19.2. The number of carbonyl (C=O) groups is 1. The molecule has 4 heteroatoms. The maximum absolute atomic E-state index is 12.0. The summed E-state index contributed by atoms with van der Waals surface area (Å²) in [5.74, 6) is 0.351. The van der Waals surface area contributed by atoms with E-state index in [-0.39, 0.29) is 24.3 Å². The van der Waals surface area contributed by atoms with Gasteiger partial charge >= 0.3 is 0 Å². The zero-order chi connectivity index (χ0) is 13.0. The molecule has 1 amide bonds. The van der Waals surface area contributed by atoms with Gasteiger partial charge in [0.05, 0.1) is 12.6 Å². The van der Waals surface area contributed by atoms with Crippen LogP contribution in [0.1, 0.15) is 24.8 Å². The largest absolute Gasteiger partial charge is 0.508 e. The predicted molar refractivity (Wildman–Crippen MR) is 68.2 cm³/mol. The van der Waals surface area contributed by atoms with Crippen LogP contribution in [-0.4, -0.2) is 40.2 Å². The summed E-state index contributed by atoms with van der Waals surface area (Å²) < 4.78 is 0. The number of rotatable bonds is 4. The van der Waals surface area contributed by atoms with E-state index in [0.717, 1.165) is 24.9 Å². The first kappa shape index (κ1) is 12.9. The molecule has 18 heavy (non-hydrogen) atoms. The number of aliphatic hydroxyl groups excluding tert-OH is 1. The van der Waals surface area contributed by atoms with Crippen molar-refractivity contribution in [2.24, 2.45) is 0 Å². The van der Waals surface area contributed by atoms with Crippen molar-refractivity contribution >= 4 is 5.91 Å². The molecule has 0 radical (unpaired) electrons. The van der Waals surface area contributed by atoms with Gasteiger partial charge in [0.1, 0.15) is 5.75 Å². The predicted octanol–water partition coefficient (Wildman–Crippen LogP) is 1.31. The number of benzene rings is 1. The molecule has 4 nitrogen and oxygen atoms in total. The Morgan fingerprint density at radius 3 is 2.72 bits per heavy atom. The Hall–Kier alpha value is -1.55. The number of aliphatic hydroxyl groups is 1. The van der Waals surface area contributed by atoms with Crippen molar-refractivity contribution in [1.82, 2.24) is 4.90 Å². The lowest BCUT2D eigenvalue weighted by molar-refractivity contribution is -0.132. The number of nitrogens with zero attached hydrogens (tertiary/aromatic N) is 1. The number of likely N-dealkylation sites (tertiary alicyclic amines) is 1. The number of phenols is 1. The van der Waals surface area contributed by atoms with Crippen LogP contribution >= 0.6 is 0 Å². The van der Waals surface area contributed by atoms with Crippen molar-refractivity contribution in [1.29, 1.82) is 0 Å². The summed E-state index contributed by atoms with van der Waals surface area (Å²) >= 11 is 0. The van der Waals surface area contributed by atoms with Gasteiger partial charge in [0.25, 0.3) is 0 Å². The van der Waals surface area contributed by atoms with Crippen LogP contribution in [-0.2, 0) is 11.2 Å². The molecule has 1 fully saturated rings. The van der Waals surface area contributed by atoms with Crippen molar-refractivity contribution in [2.75, 3.05) is 13.2 Å². The number of hydrogen-bond donors (Lipinski definition) is 2. The highest BCUT2D eigenvalue weighted by molar-refractivity contribution is 5.77. The van der Waals surface area contributed by atoms with E-state index >= 15 is 0 Å². The van der Waals surface area contributed by atoms with Gasteiger partial charge in [0.15, 0.2) is 0 Å². The molecular formula is C14H19NO3. The average molecular weight is 249 g/mol. The number of aryl methyl sites for hydroxylation is 1. The lowest BCUT2D eigenvalue weighted by Gasteiger charge is -2.23. The van der Waals surface area contributed by atoms with Gasteiger partial charge in [-0.2, -0.15) is 0 Å². The standard InChI is InChI=1S/C14H19NO3/c16-10-12-2-1-9-15(12)14(18)8-5-11-3-6-13(17)7-4-11/h3-4,6-7,12,16-17H,1-2,5,8-10H2/t12-/m0/s1. The second-order valence-corrected chi connectivity index (χ2v) is 4.73. The summed E-state index contributed by atoms with van der Waals surface area (Å²) in [6, 6.07) is 6.93. The van der Waals surface area contributed by atoms with Gasteiger partial charge in [-0.05, 0) is 37.0 Å². The summed E-state index contributed by atoms with van der Waals surface area (Å²) in [5.41, 5.74) is 1.04. The first-order valence-electron chi connectivity index (χ1n) is 6.39. The molecule has 98 valence electrons. The molecule has 1 aromatic carbocycles. The highest BCUT2D eigenvalue weighted by atomic mass is 16.3. The molecule has 2 N–H and O–H groups in total. The van der Waals surface area contributed by atoms with E-state index in [0.29, 0.717) is 12.8 Å². The third kappa shape index (κ3) is 3.01. The van der Waals surface area contributed by atoms with Gasteiger partial charge in [-0.1, -0.05) is 12.1 Å². The van der Waals surface area contributed by atoms with E-state index in [9.17, 15) is 15.0 Å². The topological polar surface area (TPSA) is 60.8 Å². The fourth-order valence-corrected chi connectivity index (χ4v) is 2.41. The molecular weight excluding hydrogens is 230 g/mol. The van der Waals surface area contributed by atoms with Gasteiger partial charge in [0, 0.05) is 13.0 Å². The van der Waals surface area contributed by atoms with Crippen LogP contribution in [0.25, 0.3) is 0 Å². The van der Waals surface area contributed by atoms with E-state index in [2.05, 4.69) is 0 Å². The third-order valence-electron chi connectivity index (χ3n) is 3.47. The highest BCUT2D eigenvalue weighted by Crippen LogP contribution is 2.19. The minimum Gasteiger partial charge on any atom is -0.508 e. The Kier molecular flexibility index (Phi) is 4.20. The SMILES string of the molecule is O=C(CCc1ccc(O)cc1)N1CCC[C@H]1CO. The minimum atomic E-state index is 0.0114. The van der Waals surface area contributed by atoms with Crippen LogP contribution < -0.4 is 0 Å². The van der Waals surface area contributed by atoms with Crippen LogP contribution in [0.3, 0.4) is 0 Å².